The molecule has 1 atom stereocenters. The van der Waals surface area contributed by atoms with E-state index in [1.165, 1.54) is 12.1 Å². The Morgan fingerprint density at radius 1 is 1.14 bits per heavy atom. The maximum absolute atomic E-state index is 14.4. The molecule has 0 saturated heterocycles. The molecule has 5 heteroatoms. The highest BCUT2D eigenvalue weighted by molar-refractivity contribution is 6.42. The molecule has 0 aliphatic rings. The van der Waals surface area contributed by atoms with Gasteiger partial charge in [0.2, 0.25) is 0 Å². The normalized spacial score (nSPS) is 12.5. The van der Waals surface area contributed by atoms with E-state index in [0.29, 0.717) is 27.7 Å². The van der Waals surface area contributed by atoms with Crippen LogP contribution in [0.4, 0.5) is 8.78 Å². The lowest BCUT2D eigenvalue weighted by Crippen LogP contribution is -2.25. The second-order valence-electron chi connectivity index (χ2n) is 4.73. The SMILES string of the molecule is CCNC(c1cccc(Cl)c1Cl)c1c(F)ccc(C)c1F. The summed E-state index contributed by atoms with van der Waals surface area (Å²) in [5.41, 5.74) is 0.892. The van der Waals surface area contributed by atoms with Gasteiger partial charge in [-0.2, -0.15) is 0 Å². The third-order valence-corrected chi connectivity index (χ3v) is 4.14. The summed E-state index contributed by atoms with van der Waals surface area (Å²) in [7, 11) is 0. The van der Waals surface area contributed by atoms with E-state index >= 15 is 0 Å². The molecule has 0 fully saturated rings. The maximum atomic E-state index is 14.4. The van der Waals surface area contributed by atoms with Crippen molar-refractivity contribution >= 4 is 23.2 Å². The second kappa shape index (κ2) is 6.73. The molecule has 0 heterocycles. The van der Waals surface area contributed by atoms with Gasteiger partial charge in [0.05, 0.1) is 16.1 Å². The monoisotopic (exact) mass is 329 g/mol. The van der Waals surface area contributed by atoms with Crippen LogP contribution in [0, 0.1) is 18.6 Å². The van der Waals surface area contributed by atoms with Crippen LogP contribution in [0.1, 0.15) is 29.7 Å². The van der Waals surface area contributed by atoms with Crippen LogP contribution in [0.3, 0.4) is 0 Å². The standard InChI is InChI=1S/C16H15Cl2F2N/c1-3-21-16(10-5-4-6-11(17)14(10)18)13-12(19)8-7-9(2)15(13)20/h4-8,16,21H,3H2,1-2H3. The number of hydrogen-bond donors (Lipinski definition) is 1. The topological polar surface area (TPSA) is 12.0 Å². The molecular weight excluding hydrogens is 315 g/mol. The van der Waals surface area contributed by atoms with Crippen molar-refractivity contribution in [2.45, 2.75) is 19.9 Å². The van der Waals surface area contributed by atoms with Crippen molar-refractivity contribution in [3.05, 3.63) is 68.7 Å². The quantitative estimate of drug-likeness (QED) is 0.804. The largest absolute Gasteiger partial charge is 0.306 e. The van der Waals surface area contributed by atoms with Crippen molar-refractivity contribution in [2.75, 3.05) is 6.54 Å². The molecule has 1 nitrogen and oxygen atoms in total. The summed E-state index contributed by atoms with van der Waals surface area (Å²) in [5, 5.41) is 3.72. The molecule has 0 saturated carbocycles. The number of hydrogen-bond acceptors (Lipinski definition) is 1. The molecule has 0 bridgehead atoms. The lowest BCUT2D eigenvalue weighted by atomic mass is 9.96. The molecule has 0 aliphatic carbocycles. The maximum Gasteiger partial charge on any atom is 0.134 e. The minimum atomic E-state index is -0.693. The van der Waals surface area contributed by atoms with Crippen molar-refractivity contribution in [2.24, 2.45) is 0 Å². The van der Waals surface area contributed by atoms with E-state index in [1.807, 2.05) is 6.92 Å². The summed E-state index contributed by atoms with van der Waals surface area (Å²) in [5.74, 6) is -1.18. The van der Waals surface area contributed by atoms with E-state index in [1.54, 1.807) is 25.1 Å². The Labute approximate surface area is 132 Å². The molecule has 2 rings (SSSR count). The highest BCUT2D eigenvalue weighted by Gasteiger charge is 2.25. The highest BCUT2D eigenvalue weighted by atomic mass is 35.5. The molecule has 0 radical (unpaired) electrons. The molecule has 0 aromatic heterocycles. The summed E-state index contributed by atoms with van der Waals surface area (Å²) in [6.45, 7) is 3.98. The summed E-state index contributed by atoms with van der Waals surface area (Å²) >= 11 is 12.2. The first kappa shape index (κ1) is 16.2. The number of rotatable bonds is 4. The van der Waals surface area contributed by atoms with Gasteiger partial charge < -0.3 is 5.32 Å². The van der Waals surface area contributed by atoms with Crippen LogP contribution in [0.25, 0.3) is 0 Å². The third-order valence-electron chi connectivity index (χ3n) is 3.31. The number of aryl methyl sites for hydroxylation is 1. The average Bonchev–Trinajstić information content (AvgIpc) is 2.45. The van der Waals surface area contributed by atoms with Gasteiger partial charge in [0.1, 0.15) is 11.6 Å². The van der Waals surface area contributed by atoms with Gasteiger partial charge >= 0.3 is 0 Å². The summed E-state index contributed by atoms with van der Waals surface area (Å²) < 4.78 is 28.6. The Bertz CT molecular complexity index is 659. The van der Waals surface area contributed by atoms with Crippen LogP contribution >= 0.6 is 23.2 Å². The minimum absolute atomic E-state index is 0.0407. The number of benzene rings is 2. The lowest BCUT2D eigenvalue weighted by molar-refractivity contribution is 0.506. The summed E-state index contributed by atoms with van der Waals surface area (Å²) in [4.78, 5) is 0. The predicted octanol–water partition coefficient (Wildman–Crippen LogP) is 5.28. The third kappa shape index (κ3) is 3.20. The fourth-order valence-electron chi connectivity index (χ4n) is 2.26. The first-order valence-electron chi connectivity index (χ1n) is 6.59. The molecule has 21 heavy (non-hydrogen) atoms. The van der Waals surface area contributed by atoms with Crippen LogP contribution in [0.15, 0.2) is 30.3 Å². The predicted molar refractivity (Wildman–Crippen MR) is 83.1 cm³/mol. The van der Waals surface area contributed by atoms with Crippen molar-refractivity contribution in [1.82, 2.24) is 5.32 Å². The van der Waals surface area contributed by atoms with E-state index in [2.05, 4.69) is 5.32 Å². The van der Waals surface area contributed by atoms with Gasteiger partial charge in [0.25, 0.3) is 0 Å². The Hall–Kier alpha value is -1.16. The Balaban J connectivity index is 2.65. The molecular formula is C16H15Cl2F2N. The van der Waals surface area contributed by atoms with Crippen LogP contribution in [0.5, 0.6) is 0 Å². The second-order valence-corrected chi connectivity index (χ2v) is 5.51. The Morgan fingerprint density at radius 2 is 1.86 bits per heavy atom. The zero-order chi connectivity index (χ0) is 15.6. The van der Waals surface area contributed by atoms with Crippen molar-refractivity contribution in [3.63, 3.8) is 0 Å². The van der Waals surface area contributed by atoms with E-state index in [9.17, 15) is 8.78 Å². The van der Waals surface area contributed by atoms with Crippen molar-refractivity contribution in [1.29, 1.82) is 0 Å². The average molecular weight is 330 g/mol. The van der Waals surface area contributed by atoms with Gasteiger partial charge in [0, 0.05) is 5.56 Å². The van der Waals surface area contributed by atoms with Crippen molar-refractivity contribution < 1.29 is 8.78 Å². The van der Waals surface area contributed by atoms with Crippen LogP contribution in [-0.2, 0) is 0 Å². The first-order chi connectivity index (χ1) is 9.97. The van der Waals surface area contributed by atoms with Gasteiger partial charge in [-0.1, -0.05) is 48.3 Å². The lowest BCUT2D eigenvalue weighted by Gasteiger charge is -2.22. The van der Waals surface area contributed by atoms with Gasteiger partial charge in [0.15, 0.2) is 0 Å². The van der Waals surface area contributed by atoms with Gasteiger partial charge in [-0.3, -0.25) is 0 Å². The molecule has 2 aromatic carbocycles. The van der Waals surface area contributed by atoms with E-state index in [-0.39, 0.29) is 5.56 Å². The number of nitrogens with one attached hydrogen (secondary N) is 1. The summed E-state index contributed by atoms with van der Waals surface area (Å²) in [6, 6.07) is 7.04. The highest BCUT2D eigenvalue weighted by Crippen LogP contribution is 2.35. The Morgan fingerprint density at radius 3 is 2.52 bits per heavy atom. The van der Waals surface area contributed by atoms with Gasteiger partial charge in [-0.05, 0) is 36.7 Å². The molecule has 1 unspecified atom stereocenters. The van der Waals surface area contributed by atoms with Crippen LogP contribution in [0.2, 0.25) is 10.0 Å². The molecule has 112 valence electrons. The molecule has 0 amide bonds. The van der Waals surface area contributed by atoms with Crippen molar-refractivity contribution in [3.8, 4) is 0 Å². The summed E-state index contributed by atoms with van der Waals surface area (Å²) in [6.07, 6.45) is 0. The smallest absolute Gasteiger partial charge is 0.134 e. The zero-order valence-electron chi connectivity index (χ0n) is 11.7. The Kier molecular flexibility index (Phi) is 5.20. The molecule has 2 aromatic rings. The van der Waals surface area contributed by atoms with Gasteiger partial charge in [-0.15, -0.1) is 0 Å². The zero-order valence-corrected chi connectivity index (χ0v) is 13.2. The van der Waals surface area contributed by atoms with Gasteiger partial charge in [-0.25, -0.2) is 8.78 Å². The molecule has 0 aliphatic heterocycles. The fraction of sp³-hybridized carbons (Fsp3) is 0.250. The molecule has 1 N–H and O–H groups in total. The fourth-order valence-corrected chi connectivity index (χ4v) is 2.67. The van der Waals surface area contributed by atoms with Crippen LogP contribution < -0.4 is 5.32 Å². The van der Waals surface area contributed by atoms with E-state index < -0.39 is 17.7 Å². The van der Waals surface area contributed by atoms with E-state index in [4.69, 9.17) is 23.2 Å². The van der Waals surface area contributed by atoms with E-state index in [0.717, 1.165) is 0 Å². The molecule has 0 spiro atoms. The first-order valence-corrected chi connectivity index (χ1v) is 7.34. The number of halogens is 4. The minimum Gasteiger partial charge on any atom is -0.306 e. The van der Waals surface area contributed by atoms with Crippen LogP contribution in [-0.4, -0.2) is 6.54 Å².